The number of carbonyl (C=O) groups excluding carboxylic acids is 1. The Labute approximate surface area is 144 Å². The molecule has 0 aromatic heterocycles. The Morgan fingerprint density at radius 3 is 2.48 bits per heavy atom. The van der Waals surface area contributed by atoms with Crippen LogP contribution in [0, 0.1) is 17.5 Å². The summed E-state index contributed by atoms with van der Waals surface area (Å²) in [4.78, 5) is 13.0. The molecule has 0 bridgehead atoms. The molecule has 25 heavy (non-hydrogen) atoms. The first kappa shape index (κ1) is 18.8. The Balaban J connectivity index is 1.98. The SMILES string of the molecule is CC[NH+](CC(=O)Nc1ccc(F)cc1F)Cc1ccc(OC)c(F)c1. The first-order valence-electron chi connectivity index (χ1n) is 7.83. The standard InChI is InChI=1S/C18H19F3N2O2/c1-3-23(10-12-4-7-17(25-2)15(21)8-12)11-18(24)22-16-6-5-13(19)9-14(16)20/h4-9H,3,10-11H2,1-2H3,(H,22,24)/p+1. The molecule has 0 saturated heterocycles. The molecule has 0 fully saturated rings. The Morgan fingerprint density at radius 2 is 1.88 bits per heavy atom. The molecule has 0 radical (unpaired) electrons. The number of halogens is 3. The van der Waals surface area contributed by atoms with Gasteiger partial charge in [0.2, 0.25) is 0 Å². The molecule has 2 aromatic rings. The van der Waals surface area contributed by atoms with Gasteiger partial charge >= 0.3 is 0 Å². The largest absolute Gasteiger partial charge is 0.494 e. The Hall–Kier alpha value is -2.54. The summed E-state index contributed by atoms with van der Waals surface area (Å²) in [7, 11) is 1.39. The molecule has 2 aromatic carbocycles. The topological polar surface area (TPSA) is 42.8 Å². The van der Waals surface area contributed by atoms with Crippen molar-refractivity contribution in [3.63, 3.8) is 0 Å². The van der Waals surface area contributed by atoms with Crippen molar-refractivity contribution >= 4 is 11.6 Å². The van der Waals surface area contributed by atoms with Crippen LogP contribution >= 0.6 is 0 Å². The predicted octanol–water partition coefficient (Wildman–Crippen LogP) is 2.16. The second-order valence-electron chi connectivity index (χ2n) is 5.60. The van der Waals surface area contributed by atoms with Gasteiger partial charge < -0.3 is 15.0 Å². The molecule has 7 heteroatoms. The zero-order chi connectivity index (χ0) is 18.4. The molecule has 0 spiro atoms. The quantitative estimate of drug-likeness (QED) is 0.801. The number of hydrogen-bond donors (Lipinski definition) is 2. The van der Waals surface area contributed by atoms with Crippen molar-refractivity contribution in [2.45, 2.75) is 13.5 Å². The molecule has 4 nitrogen and oxygen atoms in total. The van der Waals surface area contributed by atoms with Crippen LogP contribution in [0.1, 0.15) is 12.5 Å². The van der Waals surface area contributed by atoms with E-state index in [9.17, 15) is 18.0 Å². The fourth-order valence-electron chi connectivity index (χ4n) is 2.43. The van der Waals surface area contributed by atoms with Crippen molar-refractivity contribution in [3.05, 3.63) is 59.4 Å². The lowest BCUT2D eigenvalue weighted by molar-refractivity contribution is -0.903. The summed E-state index contributed by atoms with van der Waals surface area (Å²) < 4.78 is 45.1. The molecule has 1 unspecified atom stereocenters. The van der Waals surface area contributed by atoms with E-state index in [-0.39, 0.29) is 18.0 Å². The minimum absolute atomic E-state index is 0.0704. The van der Waals surface area contributed by atoms with E-state index in [0.717, 1.165) is 16.5 Å². The van der Waals surface area contributed by atoms with Gasteiger partial charge in [-0.1, -0.05) is 0 Å². The van der Waals surface area contributed by atoms with Crippen molar-refractivity contribution in [1.82, 2.24) is 0 Å². The van der Waals surface area contributed by atoms with Crippen LogP contribution in [-0.4, -0.2) is 26.1 Å². The summed E-state index contributed by atoms with van der Waals surface area (Å²) in [5.74, 6) is -2.25. The number of rotatable bonds is 7. The van der Waals surface area contributed by atoms with E-state index < -0.39 is 23.4 Å². The number of quaternary nitrogens is 1. The van der Waals surface area contributed by atoms with Gasteiger partial charge in [-0.05, 0) is 37.3 Å². The fourth-order valence-corrected chi connectivity index (χ4v) is 2.43. The maximum absolute atomic E-state index is 13.7. The highest BCUT2D eigenvalue weighted by Crippen LogP contribution is 2.17. The van der Waals surface area contributed by atoms with E-state index >= 15 is 0 Å². The van der Waals surface area contributed by atoms with Gasteiger partial charge in [0.25, 0.3) is 5.91 Å². The molecule has 0 aliphatic carbocycles. The number of ether oxygens (including phenoxy) is 1. The number of methoxy groups -OCH3 is 1. The van der Waals surface area contributed by atoms with Crippen molar-refractivity contribution in [3.8, 4) is 5.75 Å². The zero-order valence-corrected chi connectivity index (χ0v) is 14.0. The second-order valence-corrected chi connectivity index (χ2v) is 5.60. The summed E-state index contributed by atoms with van der Waals surface area (Å²) in [6.45, 7) is 3.01. The summed E-state index contributed by atoms with van der Waals surface area (Å²) in [6.07, 6.45) is 0. The molecule has 0 saturated carbocycles. The van der Waals surface area contributed by atoms with Crippen molar-refractivity contribution in [2.24, 2.45) is 0 Å². The molecular formula is C18H20F3N2O2+. The van der Waals surface area contributed by atoms with Gasteiger partial charge in [0.05, 0.1) is 19.3 Å². The van der Waals surface area contributed by atoms with E-state index in [4.69, 9.17) is 4.74 Å². The number of benzene rings is 2. The van der Waals surface area contributed by atoms with Crippen molar-refractivity contribution < 1.29 is 27.6 Å². The van der Waals surface area contributed by atoms with Crippen molar-refractivity contribution in [2.75, 3.05) is 25.5 Å². The normalized spacial score (nSPS) is 11.9. The van der Waals surface area contributed by atoms with Crippen LogP contribution in [0.2, 0.25) is 0 Å². The van der Waals surface area contributed by atoms with Crippen LogP contribution in [0.3, 0.4) is 0 Å². The maximum atomic E-state index is 13.7. The van der Waals surface area contributed by atoms with Gasteiger partial charge in [0.1, 0.15) is 18.2 Å². The molecule has 134 valence electrons. The van der Waals surface area contributed by atoms with Crippen molar-refractivity contribution in [1.29, 1.82) is 0 Å². The molecule has 1 atom stereocenters. The highest BCUT2D eigenvalue weighted by atomic mass is 19.1. The van der Waals surface area contributed by atoms with E-state index in [1.165, 1.54) is 25.3 Å². The molecule has 0 aliphatic heterocycles. The number of hydrogen-bond acceptors (Lipinski definition) is 2. The minimum atomic E-state index is -0.830. The lowest BCUT2D eigenvalue weighted by atomic mass is 10.2. The number of likely N-dealkylation sites (N-methyl/N-ethyl adjacent to an activating group) is 1. The van der Waals surface area contributed by atoms with E-state index in [1.807, 2.05) is 6.92 Å². The fraction of sp³-hybridized carbons (Fsp3) is 0.278. The highest BCUT2D eigenvalue weighted by molar-refractivity contribution is 5.91. The molecule has 0 heterocycles. The number of amides is 1. The lowest BCUT2D eigenvalue weighted by Gasteiger charge is -2.18. The smallest absolute Gasteiger partial charge is 0.279 e. The zero-order valence-electron chi connectivity index (χ0n) is 14.0. The van der Waals surface area contributed by atoms with Gasteiger partial charge in [-0.2, -0.15) is 0 Å². The first-order chi connectivity index (χ1) is 11.9. The third kappa shape index (κ3) is 5.22. The molecular weight excluding hydrogens is 333 g/mol. The van der Waals surface area contributed by atoms with Gasteiger partial charge in [-0.3, -0.25) is 4.79 Å². The second kappa shape index (κ2) is 8.53. The monoisotopic (exact) mass is 353 g/mol. The lowest BCUT2D eigenvalue weighted by Crippen LogP contribution is -3.11. The van der Waals surface area contributed by atoms with Crippen LogP contribution in [-0.2, 0) is 11.3 Å². The third-order valence-electron chi connectivity index (χ3n) is 3.79. The van der Waals surface area contributed by atoms with Crippen LogP contribution < -0.4 is 15.0 Å². The molecule has 0 aliphatic rings. The molecule has 1 amide bonds. The van der Waals surface area contributed by atoms with Crippen LogP contribution in [0.4, 0.5) is 18.9 Å². The summed E-state index contributed by atoms with van der Waals surface area (Å²) in [6, 6.07) is 7.59. The van der Waals surface area contributed by atoms with Crippen LogP contribution in [0.25, 0.3) is 0 Å². The maximum Gasteiger partial charge on any atom is 0.279 e. The Morgan fingerprint density at radius 1 is 1.12 bits per heavy atom. The van der Waals surface area contributed by atoms with Gasteiger partial charge in [-0.25, -0.2) is 13.2 Å². The summed E-state index contributed by atoms with van der Waals surface area (Å²) in [5, 5.41) is 2.42. The summed E-state index contributed by atoms with van der Waals surface area (Å²) >= 11 is 0. The minimum Gasteiger partial charge on any atom is -0.494 e. The van der Waals surface area contributed by atoms with Gasteiger partial charge in [0, 0.05) is 11.6 Å². The molecule has 2 N–H and O–H groups in total. The summed E-state index contributed by atoms with van der Waals surface area (Å²) in [5.41, 5.74) is 0.647. The highest BCUT2D eigenvalue weighted by Gasteiger charge is 2.16. The first-order valence-corrected chi connectivity index (χ1v) is 7.83. The van der Waals surface area contributed by atoms with Crippen LogP contribution in [0.15, 0.2) is 36.4 Å². The van der Waals surface area contributed by atoms with E-state index in [2.05, 4.69) is 5.32 Å². The van der Waals surface area contributed by atoms with Gasteiger partial charge in [0.15, 0.2) is 18.1 Å². The number of carbonyl (C=O) groups is 1. The van der Waals surface area contributed by atoms with Crippen LogP contribution in [0.5, 0.6) is 5.75 Å². The van der Waals surface area contributed by atoms with Gasteiger partial charge in [-0.15, -0.1) is 0 Å². The third-order valence-corrected chi connectivity index (χ3v) is 3.79. The number of nitrogens with one attached hydrogen (secondary N) is 2. The number of anilines is 1. The average molecular weight is 353 g/mol. The Bertz CT molecular complexity index is 753. The molecule has 2 rings (SSSR count). The van der Waals surface area contributed by atoms with E-state index in [0.29, 0.717) is 19.2 Å². The Kier molecular flexibility index (Phi) is 6.41. The van der Waals surface area contributed by atoms with E-state index in [1.54, 1.807) is 6.07 Å². The average Bonchev–Trinajstić information content (AvgIpc) is 2.57. The predicted molar refractivity (Wildman–Crippen MR) is 88.0 cm³/mol.